The summed E-state index contributed by atoms with van der Waals surface area (Å²) in [5.41, 5.74) is 6.45. The SMILES string of the molecule is O=C(c1ccc(NC2=NC(c3cccc4c3CCN4C(=O)Cc3ccccc3)=CN3C=CNC23)cc1)N1CCOCC1. The second-order valence-electron chi connectivity index (χ2n) is 10.7. The van der Waals surface area contributed by atoms with Gasteiger partial charge in [0.2, 0.25) is 5.91 Å². The molecule has 2 amide bonds. The minimum absolute atomic E-state index is 0.0205. The molecule has 7 rings (SSSR count). The highest BCUT2D eigenvalue weighted by atomic mass is 16.5. The number of fused-ring (bicyclic) bond motifs is 2. The van der Waals surface area contributed by atoms with Crippen molar-refractivity contribution < 1.29 is 14.3 Å². The van der Waals surface area contributed by atoms with Crippen molar-refractivity contribution >= 4 is 34.7 Å². The average molecular weight is 561 g/mol. The smallest absolute Gasteiger partial charge is 0.254 e. The van der Waals surface area contributed by atoms with Gasteiger partial charge in [0.1, 0.15) is 0 Å². The van der Waals surface area contributed by atoms with Crippen LogP contribution in [0.25, 0.3) is 5.70 Å². The number of nitrogens with one attached hydrogen (secondary N) is 2. The van der Waals surface area contributed by atoms with Crippen LogP contribution in [-0.2, 0) is 22.4 Å². The van der Waals surface area contributed by atoms with Crippen molar-refractivity contribution in [3.05, 3.63) is 114 Å². The molecule has 0 radical (unpaired) electrons. The molecule has 3 aromatic rings. The zero-order valence-corrected chi connectivity index (χ0v) is 23.2. The molecule has 1 unspecified atom stereocenters. The number of rotatable bonds is 5. The molecule has 0 saturated carbocycles. The van der Waals surface area contributed by atoms with E-state index in [1.54, 1.807) is 0 Å². The van der Waals surface area contributed by atoms with Crippen LogP contribution in [-0.4, -0.2) is 66.5 Å². The average Bonchev–Trinajstić information content (AvgIpc) is 3.70. The topological polar surface area (TPSA) is 89.5 Å². The summed E-state index contributed by atoms with van der Waals surface area (Å²) in [7, 11) is 0. The van der Waals surface area contributed by atoms with E-state index in [-0.39, 0.29) is 18.0 Å². The van der Waals surface area contributed by atoms with Gasteiger partial charge in [0, 0.05) is 60.7 Å². The van der Waals surface area contributed by atoms with Crippen LogP contribution in [0.2, 0.25) is 0 Å². The standard InChI is InChI=1S/C33H32N6O3/c40-30(21-23-5-2-1-3-6-23)39-15-13-27-26(7-4-8-29(27)39)28-22-38-16-14-34-32(38)31(36-28)35-25-11-9-24(10-12-25)33(41)37-17-19-42-20-18-37/h1-12,14,16,22,32,34H,13,15,17-21H2,(H,35,36). The first kappa shape index (κ1) is 26.0. The minimum Gasteiger partial charge on any atom is -0.378 e. The Morgan fingerprint density at radius 1 is 0.952 bits per heavy atom. The van der Waals surface area contributed by atoms with Gasteiger partial charge >= 0.3 is 0 Å². The summed E-state index contributed by atoms with van der Waals surface area (Å²) in [6.45, 7) is 3.04. The Morgan fingerprint density at radius 2 is 1.76 bits per heavy atom. The van der Waals surface area contributed by atoms with Gasteiger partial charge in [-0.15, -0.1) is 0 Å². The molecule has 2 N–H and O–H groups in total. The Labute approximate surface area is 244 Å². The van der Waals surface area contributed by atoms with E-state index in [4.69, 9.17) is 9.73 Å². The first-order valence-electron chi connectivity index (χ1n) is 14.4. The van der Waals surface area contributed by atoms with E-state index in [1.807, 2.05) is 95.1 Å². The number of nitrogens with zero attached hydrogens (tertiary/aromatic N) is 4. The number of amides is 2. The molecule has 1 saturated heterocycles. The molecular weight excluding hydrogens is 528 g/mol. The number of anilines is 2. The second-order valence-corrected chi connectivity index (χ2v) is 10.7. The number of hydrogen-bond donors (Lipinski definition) is 2. The van der Waals surface area contributed by atoms with Gasteiger partial charge in [0.05, 0.1) is 25.3 Å². The third-order valence-corrected chi connectivity index (χ3v) is 8.08. The molecule has 4 aliphatic heterocycles. The molecule has 1 atom stereocenters. The summed E-state index contributed by atoms with van der Waals surface area (Å²) < 4.78 is 5.37. The quantitative estimate of drug-likeness (QED) is 0.494. The number of benzene rings is 3. The van der Waals surface area contributed by atoms with Crippen LogP contribution < -0.4 is 15.5 Å². The zero-order chi connectivity index (χ0) is 28.5. The van der Waals surface area contributed by atoms with Gasteiger partial charge in [-0.2, -0.15) is 0 Å². The van der Waals surface area contributed by atoms with Gasteiger partial charge < -0.3 is 30.1 Å². The van der Waals surface area contributed by atoms with Crippen molar-refractivity contribution in [1.29, 1.82) is 0 Å². The number of carbonyl (C=O) groups excluding carboxylic acids is 2. The molecule has 212 valence electrons. The van der Waals surface area contributed by atoms with Crippen LogP contribution >= 0.6 is 0 Å². The van der Waals surface area contributed by atoms with E-state index in [1.165, 1.54) is 0 Å². The van der Waals surface area contributed by atoms with E-state index >= 15 is 0 Å². The van der Waals surface area contributed by atoms with Crippen LogP contribution in [0.5, 0.6) is 0 Å². The lowest BCUT2D eigenvalue weighted by Crippen LogP contribution is -2.45. The molecule has 0 spiro atoms. The Kier molecular flexibility index (Phi) is 6.93. The molecule has 0 aromatic heterocycles. The van der Waals surface area contributed by atoms with Crippen molar-refractivity contribution in [2.45, 2.75) is 19.0 Å². The van der Waals surface area contributed by atoms with E-state index in [0.29, 0.717) is 44.8 Å². The van der Waals surface area contributed by atoms with Gasteiger partial charge in [-0.25, -0.2) is 4.99 Å². The highest BCUT2D eigenvalue weighted by molar-refractivity contribution is 6.05. The molecule has 0 aliphatic carbocycles. The molecule has 4 heterocycles. The van der Waals surface area contributed by atoms with Crippen LogP contribution in [0, 0.1) is 0 Å². The van der Waals surface area contributed by atoms with Gasteiger partial charge in [0.25, 0.3) is 5.91 Å². The number of aliphatic imine (C=N–C) groups is 1. The first-order valence-corrected chi connectivity index (χ1v) is 14.4. The van der Waals surface area contributed by atoms with Crippen molar-refractivity contribution in [2.75, 3.05) is 43.1 Å². The number of ether oxygens (including phenoxy) is 1. The highest BCUT2D eigenvalue weighted by Gasteiger charge is 2.32. The molecule has 9 heteroatoms. The Bertz CT molecular complexity index is 1590. The number of hydrogen-bond acceptors (Lipinski definition) is 7. The molecule has 1 fully saturated rings. The minimum atomic E-state index is -0.163. The fourth-order valence-electron chi connectivity index (χ4n) is 5.91. The molecule has 4 aliphatic rings. The fourth-order valence-corrected chi connectivity index (χ4v) is 5.91. The van der Waals surface area contributed by atoms with Gasteiger partial charge in [-0.05, 0) is 47.9 Å². The van der Waals surface area contributed by atoms with Crippen molar-refractivity contribution in [2.24, 2.45) is 4.99 Å². The maximum atomic E-state index is 13.2. The molecule has 3 aromatic carbocycles. The van der Waals surface area contributed by atoms with Crippen molar-refractivity contribution in [1.82, 2.24) is 15.1 Å². The predicted molar refractivity (Wildman–Crippen MR) is 163 cm³/mol. The molecule has 0 bridgehead atoms. The van der Waals surface area contributed by atoms with Crippen LogP contribution in [0.3, 0.4) is 0 Å². The Hall–Kier alpha value is -4.89. The molecule has 42 heavy (non-hydrogen) atoms. The fraction of sp³-hybridized carbons (Fsp3) is 0.242. The predicted octanol–water partition coefficient (Wildman–Crippen LogP) is 3.82. The summed E-state index contributed by atoms with van der Waals surface area (Å²) in [6, 6.07) is 23.5. The van der Waals surface area contributed by atoms with E-state index in [9.17, 15) is 9.59 Å². The summed E-state index contributed by atoms with van der Waals surface area (Å²) in [5.74, 6) is 0.868. The number of morpholine rings is 1. The summed E-state index contributed by atoms with van der Waals surface area (Å²) >= 11 is 0. The molecule has 9 nitrogen and oxygen atoms in total. The largest absolute Gasteiger partial charge is 0.378 e. The number of amidine groups is 1. The van der Waals surface area contributed by atoms with Crippen molar-refractivity contribution in [3.63, 3.8) is 0 Å². The third kappa shape index (κ3) is 5.03. The van der Waals surface area contributed by atoms with E-state index in [0.717, 1.165) is 46.0 Å². The maximum Gasteiger partial charge on any atom is 0.254 e. The van der Waals surface area contributed by atoms with Crippen molar-refractivity contribution in [3.8, 4) is 0 Å². The summed E-state index contributed by atoms with van der Waals surface area (Å²) in [4.78, 5) is 37.0. The lowest BCUT2D eigenvalue weighted by Gasteiger charge is -2.29. The Morgan fingerprint density at radius 3 is 2.57 bits per heavy atom. The van der Waals surface area contributed by atoms with Gasteiger partial charge in [-0.1, -0.05) is 42.5 Å². The summed E-state index contributed by atoms with van der Waals surface area (Å²) in [5, 5.41) is 6.83. The second kappa shape index (κ2) is 11.2. The van der Waals surface area contributed by atoms with E-state index in [2.05, 4.69) is 21.6 Å². The summed E-state index contributed by atoms with van der Waals surface area (Å²) in [6.07, 6.45) is 6.93. The van der Waals surface area contributed by atoms with Gasteiger partial charge in [0.15, 0.2) is 12.0 Å². The highest BCUT2D eigenvalue weighted by Crippen LogP contribution is 2.36. The zero-order valence-electron chi connectivity index (χ0n) is 23.2. The van der Waals surface area contributed by atoms with Gasteiger partial charge in [-0.3, -0.25) is 9.59 Å². The lowest BCUT2D eigenvalue weighted by molar-refractivity contribution is -0.117. The first-order chi connectivity index (χ1) is 20.6. The normalized spacial score (nSPS) is 19.0. The van der Waals surface area contributed by atoms with E-state index < -0.39 is 0 Å². The number of carbonyl (C=O) groups is 2. The Balaban J connectivity index is 1.12. The van der Waals surface area contributed by atoms with Crippen LogP contribution in [0.1, 0.15) is 27.0 Å². The monoisotopic (exact) mass is 560 g/mol. The molecular formula is C33H32N6O3. The third-order valence-electron chi connectivity index (χ3n) is 8.08. The lowest BCUT2D eigenvalue weighted by atomic mass is 10.0. The van der Waals surface area contributed by atoms with Crippen LogP contribution in [0.4, 0.5) is 11.4 Å². The van der Waals surface area contributed by atoms with Crippen LogP contribution in [0.15, 0.2) is 96.4 Å². The maximum absolute atomic E-state index is 13.2.